The highest BCUT2D eigenvalue weighted by Gasteiger charge is 2.32. The fourth-order valence-corrected chi connectivity index (χ4v) is 2.00. The topological polar surface area (TPSA) is 60.2 Å². The van der Waals surface area contributed by atoms with Gasteiger partial charge in [0.25, 0.3) is 0 Å². The molecule has 0 bridgehead atoms. The number of aliphatic hydroxyl groups excluding tert-OH is 1. The summed E-state index contributed by atoms with van der Waals surface area (Å²) in [6, 6.07) is 0. The zero-order valence-electron chi connectivity index (χ0n) is 11.9. The molecule has 0 aliphatic rings. The first-order chi connectivity index (χ1) is 8.57. The van der Waals surface area contributed by atoms with E-state index in [2.05, 4.69) is 17.0 Å². The predicted molar refractivity (Wildman–Crippen MR) is 70.3 cm³/mol. The number of rotatable bonds is 8. The fraction of sp³-hybridized carbons (Fsp3) is 0.846. The summed E-state index contributed by atoms with van der Waals surface area (Å²) in [5.74, 6) is 0.823. The van der Waals surface area contributed by atoms with Crippen LogP contribution in [-0.2, 0) is 17.7 Å². The quantitative estimate of drug-likeness (QED) is 0.769. The summed E-state index contributed by atoms with van der Waals surface area (Å²) in [7, 11) is 0. The molecule has 1 rings (SSSR count). The largest absolute Gasteiger partial charge is 0.390 e. The predicted octanol–water partition coefficient (Wildman–Crippen LogP) is 1.80. The summed E-state index contributed by atoms with van der Waals surface area (Å²) < 4.78 is 7.53. The Hall–Kier alpha value is -0.940. The van der Waals surface area contributed by atoms with E-state index in [1.165, 1.54) is 0 Å². The van der Waals surface area contributed by atoms with Crippen molar-refractivity contribution in [1.82, 2.24) is 14.8 Å². The standard InChI is InChI=1S/C13H25N3O2/c1-5-8-16-12(14-10-15-16)9-11(17)13(4,6-2)18-7-3/h10-11,17H,5-9H2,1-4H3. The Morgan fingerprint density at radius 2 is 2.17 bits per heavy atom. The Labute approximate surface area is 109 Å². The van der Waals surface area contributed by atoms with Gasteiger partial charge in [-0.2, -0.15) is 5.10 Å². The number of ether oxygens (including phenoxy) is 1. The summed E-state index contributed by atoms with van der Waals surface area (Å²) in [5.41, 5.74) is -0.516. The van der Waals surface area contributed by atoms with Crippen molar-refractivity contribution in [2.75, 3.05) is 6.61 Å². The number of hydrogen-bond donors (Lipinski definition) is 1. The molecular formula is C13H25N3O2. The summed E-state index contributed by atoms with van der Waals surface area (Å²) in [4.78, 5) is 4.22. The van der Waals surface area contributed by atoms with Crippen molar-refractivity contribution in [3.63, 3.8) is 0 Å². The Balaban J connectivity index is 2.73. The van der Waals surface area contributed by atoms with Crippen LogP contribution in [0.5, 0.6) is 0 Å². The van der Waals surface area contributed by atoms with Gasteiger partial charge in [0, 0.05) is 19.6 Å². The maximum atomic E-state index is 10.4. The smallest absolute Gasteiger partial charge is 0.138 e. The molecule has 0 amide bonds. The van der Waals surface area contributed by atoms with Crippen molar-refractivity contribution in [1.29, 1.82) is 0 Å². The molecule has 1 aromatic heterocycles. The van der Waals surface area contributed by atoms with Gasteiger partial charge < -0.3 is 9.84 Å². The van der Waals surface area contributed by atoms with E-state index in [0.29, 0.717) is 13.0 Å². The van der Waals surface area contributed by atoms with Crippen molar-refractivity contribution in [2.24, 2.45) is 0 Å². The molecule has 0 radical (unpaired) electrons. The first-order valence-electron chi connectivity index (χ1n) is 6.76. The monoisotopic (exact) mass is 255 g/mol. The van der Waals surface area contributed by atoms with Crippen LogP contribution in [0.3, 0.4) is 0 Å². The Morgan fingerprint density at radius 3 is 2.72 bits per heavy atom. The summed E-state index contributed by atoms with van der Waals surface area (Å²) in [5, 5.41) is 14.5. The Bertz CT molecular complexity index is 354. The van der Waals surface area contributed by atoms with Gasteiger partial charge in [-0.15, -0.1) is 0 Å². The lowest BCUT2D eigenvalue weighted by molar-refractivity contribution is -0.111. The molecule has 0 aliphatic carbocycles. The van der Waals surface area contributed by atoms with Gasteiger partial charge >= 0.3 is 0 Å². The maximum Gasteiger partial charge on any atom is 0.138 e. The van der Waals surface area contributed by atoms with Gasteiger partial charge in [0.2, 0.25) is 0 Å². The molecule has 104 valence electrons. The van der Waals surface area contributed by atoms with Crippen molar-refractivity contribution in [3.8, 4) is 0 Å². The number of aromatic nitrogens is 3. The second kappa shape index (κ2) is 6.85. The van der Waals surface area contributed by atoms with Gasteiger partial charge in [-0.1, -0.05) is 13.8 Å². The molecule has 0 saturated carbocycles. The van der Waals surface area contributed by atoms with Crippen LogP contribution in [0.2, 0.25) is 0 Å². The molecule has 18 heavy (non-hydrogen) atoms. The molecule has 1 N–H and O–H groups in total. The minimum atomic E-state index is -0.567. The molecule has 1 heterocycles. The summed E-state index contributed by atoms with van der Waals surface area (Å²) in [6.07, 6.45) is 3.22. The van der Waals surface area contributed by atoms with Crippen LogP contribution in [0, 0.1) is 0 Å². The Morgan fingerprint density at radius 1 is 1.44 bits per heavy atom. The summed E-state index contributed by atoms with van der Waals surface area (Å²) in [6.45, 7) is 9.44. The molecule has 0 saturated heterocycles. The third-order valence-corrected chi connectivity index (χ3v) is 3.39. The van der Waals surface area contributed by atoms with E-state index >= 15 is 0 Å². The van der Waals surface area contributed by atoms with E-state index in [1.54, 1.807) is 6.33 Å². The molecule has 5 heteroatoms. The number of aryl methyl sites for hydroxylation is 1. The second-order valence-electron chi connectivity index (χ2n) is 4.72. The molecule has 2 atom stereocenters. The van der Waals surface area contributed by atoms with Gasteiger partial charge in [0.15, 0.2) is 0 Å². The van der Waals surface area contributed by atoms with Crippen LogP contribution in [-0.4, -0.2) is 38.2 Å². The van der Waals surface area contributed by atoms with Crippen LogP contribution in [0.25, 0.3) is 0 Å². The summed E-state index contributed by atoms with van der Waals surface area (Å²) >= 11 is 0. The maximum absolute atomic E-state index is 10.4. The molecule has 1 aromatic rings. The third kappa shape index (κ3) is 3.53. The molecule has 0 fully saturated rings. The first-order valence-corrected chi connectivity index (χ1v) is 6.76. The fourth-order valence-electron chi connectivity index (χ4n) is 2.00. The second-order valence-corrected chi connectivity index (χ2v) is 4.72. The van der Waals surface area contributed by atoms with Gasteiger partial charge in [0.1, 0.15) is 12.2 Å². The lowest BCUT2D eigenvalue weighted by Gasteiger charge is -2.33. The van der Waals surface area contributed by atoms with Gasteiger partial charge in [-0.25, -0.2) is 4.98 Å². The van der Waals surface area contributed by atoms with E-state index in [-0.39, 0.29) is 0 Å². The third-order valence-electron chi connectivity index (χ3n) is 3.39. The van der Waals surface area contributed by atoms with Crippen LogP contribution in [0.4, 0.5) is 0 Å². The van der Waals surface area contributed by atoms with E-state index in [4.69, 9.17) is 4.74 Å². The highest BCUT2D eigenvalue weighted by molar-refractivity contribution is 4.94. The van der Waals surface area contributed by atoms with Gasteiger partial charge in [-0.3, -0.25) is 4.68 Å². The average Bonchev–Trinajstić information content (AvgIpc) is 2.77. The first kappa shape index (κ1) is 15.1. The van der Waals surface area contributed by atoms with Gasteiger partial charge in [0.05, 0.1) is 11.7 Å². The van der Waals surface area contributed by atoms with Crippen LogP contribution < -0.4 is 0 Å². The molecule has 0 aromatic carbocycles. The average molecular weight is 255 g/mol. The minimum absolute atomic E-state index is 0.477. The van der Waals surface area contributed by atoms with Crippen LogP contribution in [0.1, 0.15) is 46.4 Å². The Kier molecular flexibility index (Phi) is 5.75. The van der Waals surface area contributed by atoms with E-state index in [0.717, 1.165) is 25.2 Å². The number of hydrogen-bond acceptors (Lipinski definition) is 4. The molecule has 0 spiro atoms. The molecule has 2 unspecified atom stereocenters. The van der Waals surface area contributed by atoms with Crippen molar-refractivity contribution in [3.05, 3.63) is 12.2 Å². The van der Waals surface area contributed by atoms with E-state index in [9.17, 15) is 5.11 Å². The van der Waals surface area contributed by atoms with Crippen molar-refractivity contribution >= 4 is 0 Å². The van der Waals surface area contributed by atoms with Gasteiger partial charge in [-0.05, 0) is 26.7 Å². The highest BCUT2D eigenvalue weighted by Crippen LogP contribution is 2.22. The van der Waals surface area contributed by atoms with Crippen molar-refractivity contribution < 1.29 is 9.84 Å². The lowest BCUT2D eigenvalue weighted by atomic mass is 9.93. The van der Waals surface area contributed by atoms with Crippen LogP contribution in [0.15, 0.2) is 6.33 Å². The molecule has 5 nitrogen and oxygen atoms in total. The van der Waals surface area contributed by atoms with E-state index in [1.807, 2.05) is 25.5 Å². The SMILES string of the molecule is CCCn1ncnc1CC(O)C(C)(CC)OCC. The van der Waals surface area contributed by atoms with E-state index < -0.39 is 11.7 Å². The lowest BCUT2D eigenvalue weighted by Crippen LogP contribution is -2.43. The number of nitrogens with zero attached hydrogens (tertiary/aromatic N) is 3. The zero-order valence-corrected chi connectivity index (χ0v) is 11.9. The number of aliphatic hydroxyl groups is 1. The normalized spacial score (nSPS) is 16.5. The zero-order chi connectivity index (χ0) is 13.6. The van der Waals surface area contributed by atoms with Crippen LogP contribution >= 0.6 is 0 Å². The molecular weight excluding hydrogens is 230 g/mol. The minimum Gasteiger partial charge on any atom is -0.390 e. The van der Waals surface area contributed by atoms with Crippen molar-refractivity contribution in [2.45, 2.75) is 65.2 Å². The highest BCUT2D eigenvalue weighted by atomic mass is 16.5. The molecule has 0 aliphatic heterocycles.